The summed E-state index contributed by atoms with van der Waals surface area (Å²) < 4.78 is 1.19. The number of halogens is 1. The maximum Gasteiger partial charge on any atom is 0.0178 e. The lowest BCUT2D eigenvalue weighted by molar-refractivity contribution is 0.371. The minimum Gasteiger partial charge on any atom is -0.314 e. The van der Waals surface area contributed by atoms with Crippen molar-refractivity contribution >= 4 is 15.9 Å². The second kappa shape index (κ2) is 10.4. The summed E-state index contributed by atoms with van der Waals surface area (Å²) in [6.45, 7) is 10.2. The Hall–Kier alpha value is -0.340. The van der Waals surface area contributed by atoms with Crippen LogP contribution in [0.5, 0.6) is 0 Å². The molecule has 0 saturated carbocycles. The van der Waals surface area contributed by atoms with Gasteiger partial charge in [0, 0.05) is 17.1 Å². The fraction of sp³-hybridized carbons (Fsp3) is 0.684. The smallest absolute Gasteiger partial charge is 0.0178 e. The summed E-state index contributed by atoms with van der Waals surface area (Å²) in [6, 6.07) is 9.40. The van der Waals surface area contributed by atoms with Gasteiger partial charge in [-0.15, -0.1) is 0 Å². The van der Waals surface area contributed by atoms with E-state index in [1.54, 1.807) is 0 Å². The molecule has 0 heterocycles. The van der Waals surface area contributed by atoms with Crippen LogP contribution in [0.15, 0.2) is 28.7 Å². The van der Waals surface area contributed by atoms with Crippen LogP contribution in [0, 0.1) is 5.92 Å². The van der Waals surface area contributed by atoms with Crippen molar-refractivity contribution in [3.8, 4) is 0 Å². The van der Waals surface area contributed by atoms with E-state index in [9.17, 15) is 0 Å². The molecule has 2 unspecified atom stereocenters. The molecule has 0 amide bonds. The van der Waals surface area contributed by atoms with Gasteiger partial charge >= 0.3 is 0 Å². The van der Waals surface area contributed by atoms with Gasteiger partial charge in [-0.05, 0) is 36.0 Å². The normalized spacial score (nSPS) is 14.4. The third kappa shape index (κ3) is 7.46. The Morgan fingerprint density at radius 2 is 1.95 bits per heavy atom. The summed E-state index contributed by atoms with van der Waals surface area (Å²) >= 11 is 3.62. The van der Waals surface area contributed by atoms with E-state index in [-0.39, 0.29) is 0 Å². The van der Waals surface area contributed by atoms with Crippen LogP contribution in [-0.2, 0) is 0 Å². The molecule has 1 rings (SSSR count). The molecule has 0 bridgehead atoms. The van der Waals surface area contributed by atoms with Gasteiger partial charge in [-0.3, -0.25) is 0 Å². The minimum absolute atomic E-state index is 0.551. The van der Waals surface area contributed by atoms with Gasteiger partial charge in [0.1, 0.15) is 0 Å². The van der Waals surface area contributed by atoms with Gasteiger partial charge in [-0.2, -0.15) is 0 Å². The molecule has 2 atom stereocenters. The number of hydrogen-bond acceptors (Lipinski definition) is 1. The van der Waals surface area contributed by atoms with Crippen molar-refractivity contribution < 1.29 is 0 Å². The van der Waals surface area contributed by atoms with Crippen molar-refractivity contribution in [1.29, 1.82) is 0 Å². The van der Waals surface area contributed by atoms with Crippen molar-refractivity contribution in [1.82, 2.24) is 5.32 Å². The van der Waals surface area contributed by atoms with Crippen LogP contribution in [0.4, 0.5) is 0 Å². The van der Waals surface area contributed by atoms with E-state index in [0.29, 0.717) is 12.0 Å². The van der Waals surface area contributed by atoms with Gasteiger partial charge in [0.05, 0.1) is 0 Å². The highest BCUT2D eigenvalue weighted by Gasteiger charge is 2.17. The van der Waals surface area contributed by atoms with Crippen LogP contribution in [-0.4, -0.2) is 12.6 Å². The maximum atomic E-state index is 3.63. The molecule has 0 aromatic heterocycles. The standard InChI is InChI=1S/C19H32BrN/c1-5-7-9-16(6-2)12-18(14-21-15(3)4)17-10-8-11-19(20)13-17/h8,10-11,13,15-16,18,21H,5-7,9,12,14H2,1-4H3. The van der Waals surface area contributed by atoms with Crippen molar-refractivity contribution in [2.45, 2.75) is 71.8 Å². The summed E-state index contributed by atoms with van der Waals surface area (Å²) in [7, 11) is 0. The third-order valence-electron chi connectivity index (χ3n) is 4.25. The highest BCUT2D eigenvalue weighted by molar-refractivity contribution is 9.10. The van der Waals surface area contributed by atoms with Crippen LogP contribution in [0.1, 0.15) is 71.3 Å². The highest BCUT2D eigenvalue weighted by atomic mass is 79.9. The van der Waals surface area contributed by atoms with Crippen molar-refractivity contribution in [2.75, 3.05) is 6.54 Å². The molecular weight excluding hydrogens is 322 g/mol. The number of unbranched alkanes of at least 4 members (excludes halogenated alkanes) is 1. The van der Waals surface area contributed by atoms with E-state index in [1.807, 2.05) is 0 Å². The second-order valence-electron chi connectivity index (χ2n) is 6.47. The molecular formula is C19H32BrN. The predicted molar refractivity (Wildman–Crippen MR) is 97.9 cm³/mol. The molecule has 0 aliphatic carbocycles. The largest absolute Gasteiger partial charge is 0.314 e. The first kappa shape index (κ1) is 18.7. The van der Waals surface area contributed by atoms with Crippen molar-refractivity contribution in [3.63, 3.8) is 0 Å². The van der Waals surface area contributed by atoms with Crippen molar-refractivity contribution in [3.05, 3.63) is 34.3 Å². The van der Waals surface area contributed by atoms with E-state index in [4.69, 9.17) is 0 Å². The molecule has 120 valence electrons. The van der Waals surface area contributed by atoms with Gasteiger partial charge in [-0.1, -0.05) is 81.4 Å². The second-order valence-corrected chi connectivity index (χ2v) is 7.38. The first-order valence-electron chi connectivity index (χ1n) is 8.55. The van der Waals surface area contributed by atoms with Gasteiger partial charge in [0.15, 0.2) is 0 Å². The van der Waals surface area contributed by atoms with Crippen molar-refractivity contribution in [2.24, 2.45) is 5.92 Å². The molecule has 0 spiro atoms. The Morgan fingerprint density at radius 3 is 2.52 bits per heavy atom. The van der Waals surface area contributed by atoms with E-state index < -0.39 is 0 Å². The SMILES string of the molecule is CCCCC(CC)CC(CNC(C)C)c1cccc(Br)c1. The fourth-order valence-electron chi connectivity index (χ4n) is 2.86. The van der Waals surface area contributed by atoms with Crippen LogP contribution >= 0.6 is 15.9 Å². The summed E-state index contributed by atoms with van der Waals surface area (Å²) in [6.07, 6.45) is 6.64. The first-order chi connectivity index (χ1) is 10.1. The van der Waals surface area contributed by atoms with E-state index in [0.717, 1.165) is 12.5 Å². The average Bonchev–Trinajstić information content (AvgIpc) is 2.46. The Labute approximate surface area is 140 Å². The Kier molecular flexibility index (Phi) is 9.26. The minimum atomic E-state index is 0.551. The molecule has 1 aromatic carbocycles. The molecule has 0 aliphatic heterocycles. The van der Waals surface area contributed by atoms with E-state index >= 15 is 0 Å². The molecule has 0 radical (unpaired) electrons. The molecule has 1 aromatic rings. The highest BCUT2D eigenvalue weighted by Crippen LogP contribution is 2.29. The number of rotatable bonds is 10. The Morgan fingerprint density at radius 1 is 1.19 bits per heavy atom. The van der Waals surface area contributed by atoms with Gasteiger partial charge in [0.25, 0.3) is 0 Å². The topological polar surface area (TPSA) is 12.0 Å². The monoisotopic (exact) mass is 353 g/mol. The number of nitrogens with one attached hydrogen (secondary N) is 1. The number of benzene rings is 1. The lowest BCUT2D eigenvalue weighted by atomic mass is 9.85. The average molecular weight is 354 g/mol. The predicted octanol–water partition coefficient (Wildman–Crippen LogP) is 6.14. The zero-order valence-electron chi connectivity index (χ0n) is 14.2. The Bertz CT molecular complexity index is 389. The molecule has 0 saturated heterocycles. The van der Waals surface area contributed by atoms with Gasteiger partial charge in [0.2, 0.25) is 0 Å². The first-order valence-corrected chi connectivity index (χ1v) is 9.34. The maximum absolute atomic E-state index is 3.63. The molecule has 2 heteroatoms. The summed E-state index contributed by atoms with van der Waals surface area (Å²) in [4.78, 5) is 0. The zero-order chi connectivity index (χ0) is 15.7. The van der Waals surface area contributed by atoms with Crippen LogP contribution < -0.4 is 5.32 Å². The van der Waals surface area contributed by atoms with E-state index in [1.165, 1.54) is 42.1 Å². The van der Waals surface area contributed by atoms with Crippen LogP contribution in [0.2, 0.25) is 0 Å². The molecule has 1 nitrogen and oxygen atoms in total. The zero-order valence-corrected chi connectivity index (χ0v) is 15.7. The summed E-state index contributed by atoms with van der Waals surface area (Å²) in [5.74, 6) is 1.47. The Balaban J connectivity index is 2.75. The number of hydrogen-bond donors (Lipinski definition) is 1. The summed E-state index contributed by atoms with van der Waals surface area (Å²) in [5.41, 5.74) is 1.47. The van der Waals surface area contributed by atoms with Crippen LogP contribution in [0.3, 0.4) is 0 Å². The van der Waals surface area contributed by atoms with Gasteiger partial charge < -0.3 is 5.32 Å². The lowest BCUT2D eigenvalue weighted by Crippen LogP contribution is -2.29. The van der Waals surface area contributed by atoms with E-state index in [2.05, 4.69) is 73.2 Å². The molecule has 1 N–H and O–H groups in total. The fourth-order valence-corrected chi connectivity index (χ4v) is 3.28. The third-order valence-corrected chi connectivity index (χ3v) is 4.75. The lowest BCUT2D eigenvalue weighted by Gasteiger charge is -2.25. The summed E-state index contributed by atoms with van der Waals surface area (Å²) in [5, 5.41) is 3.63. The van der Waals surface area contributed by atoms with Gasteiger partial charge in [-0.25, -0.2) is 0 Å². The molecule has 21 heavy (non-hydrogen) atoms. The van der Waals surface area contributed by atoms with Crippen LogP contribution in [0.25, 0.3) is 0 Å². The quantitative estimate of drug-likeness (QED) is 0.532. The molecule has 0 aliphatic rings. The molecule has 0 fully saturated rings.